The van der Waals surface area contributed by atoms with Gasteiger partial charge in [-0.05, 0) is 19.8 Å². The Hall–Kier alpha value is -2.06. The van der Waals surface area contributed by atoms with E-state index in [-0.39, 0.29) is 18.0 Å². The fourth-order valence-corrected chi connectivity index (χ4v) is 1.79. The molecule has 9 heteroatoms. The Morgan fingerprint density at radius 2 is 2.10 bits per heavy atom. The standard InChI is InChI=1S/C11H13F3N4O2/c1-10(4-2-3-5-10)17-9(19)15-6-7-16-8(18-20-7)11(12,13)14/h2-3H,4-6H2,1H3,(H2,15,17,19). The molecule has 0 unspecified atom stereocenters. The highest BCUT2D eigenvalue weighted by Crippen LogP contribution is 2.26. The largest absolute Gasteiger partial charge is 0.455 e. The number of aromatic nitrogens is 2. The number of hydrogen-bond donors (Lipinski definition) is 2. The van der Waals surface area contributed by atoms with Gasteiger partial charge in [0.15, 0.2) is 0 Å². The topological polar surface area (TPSA) is 80.0 Å². The van der Waals surface area contributed by atoms with Gasteiger partial charge in [0.05, 0.1) is 6.54 Å². The normalized spacial score (nSPS) is 17.2. The first kappa shape index (κ1) is 14.4. The number of nitrogens with one attached hydrogen (secondary N) is 2. The van der Waals surface area contributed by atoms with Crippen molar-refractivity contribution in [1.82, 2.24) is 20.8 Å². The van der Waals surface area contributed by atoms with E-state index in [4.69, 9.17) is 0 Å². The zero-order valence-corrected chi connectivity index (χ0v) is 10.6. The molecule has 0 radical (unpaired) electrons. The number of urea groups is 1. The number of alkyl halides is 3. The molecule has 0 fully saturated rings. The average molecular weight is 290 g/mol. The number of halogens is 3. The highest BCUT2D eigenvalue weighted by Gasteiger charge is 2.37. The first-order valence-corrected chi connectivity index (χ1v) is 5.89. The predicted molar refractivity (Wildman–Crippen MR) is 61.5 cm³/mol. The number of hydrogen-bond acceptors (Lipinski definition) is 4. The first-order valence-electron chi connectivity index (χ1n) is 5.89. The lowest BCUT2D eigenvalue weighted by atomic mass is 10.0. The number of carbonyl (C=O) groups is 1. The van der Waals surface area contributed by atoms with E-state index in [2.05, 4.69) is 25.3 Å². The van der Waals surface area contributed by atoms with Gasteiger partial charge in [-0.25, -0.2) is 4.79 Å². The lowest BCUT2D eigenvalue weighted by molar-refractivity contribution is -0.146. The molecule has 110 valence electrons. The van der Waals surface area contributed by atoms with Crippen LogP contribution in [0.15, 0.2) is 16.7 Å². The Morgan fingerprint density at radius 1 is 1.45 bits per heavy atom. The molecule has 1 aliphatic carbocycles. The molecule has 0 saturated carbocycles. The van der Waals surface area contributed by atoms with Crippen molar-refractivity contribution >= 4 is 6.03 Å². The second-order valence-corrected chi connectivity index (χ2v) is 4.76. The van der Waals surface area contributed by atoms with Gasteiger partial charge in [-0.15, -0.1) is 0 Å². The number of nitrogens with zero attached hydrogens (tertiary/aromatic N) is 2. The Morgan fingerprint density at radius 3 is 2.65 bits per heavy atom. The molecule has 2 amide bonds. The van der Waals surface area contributed by atoms with Gasteiger partial charge in [0, 0.05) is 5.54 Å². The van der Waals surface area contributed by atoms with Gasteiger partial charge in [0.1, 0.15) is 0 Å². The van der Waals surface area contributed by atoms with Crippen molar-refractivity contribution in [3.8, 4) is 0 Å². The van der Waals surface area contributed by atoms with E-state index in [1.54, 1.807) is 0 Å². The Bertz CT molecular complexity index is 516. The third-order valence-electron chi connectivity index (χ3n) is 2.84. The monoisotopic (exact) mass is 290 g/mol. The van der Waals surface area contributed by atoms with Crippen LogP contribution in [0.2, 0.25) is 0 Å². The third kappa shape index (κ3) is 3.49. The number of rotatable bonds is 3. The minimum atomic E-state index is -4.66. The van der Waals surface area contributed by atoms with Crippen LogP contribution in [0.3, 0.4) is 0 Å². The maximum Gasteiger partial charge on any atom is 0.455 e. The van der Waals surface area contributed by atoms with Crippen molar-refractivity contribution < 1.29 is 22.5 Å². The molecular formula is C11H13F3N4O2. The molecule has 0 aliphatic heterocycles. The maximum absolute atomic E-state index is 12.2. The van der Waals surface area contributed by atoms with Gasteiger partial charge in [-0.1, -0.05) is 17.3 Å². The molecule has 0 spiro atoms. The van der Waals surface area contributed by atoms with Gasteiger partial charge in [0.2, 0.25) is 5.89 Å². The molecular weight excluding hydrogens is 277 g/mol. The molecule has 0 aromatic carbocycles. The summed E-state index contributed by atoms with van der Waals surface area (Å²) in [6, 6.07) is -0.497. The van der Waals surface area contributed by atoms with Gasteiger partial charge < -0.3 is 15.2 Å². The fourth-order valence-electron chi connectivity index (χ4n) is 1.79. The van der Waals surface area contributed by atoms with Crippen molar-refractivity contribution in [3.63, 3.8) is 0 Å². The maximum atomic E-state index is 12.2. The lowest BCUT2D eigenvalue weighted by Gasteiger charge is -2.25. The van der Waals surface area contributed by atoms with E-state index in [9.17, 15) is 18.0 Å². The summed E-state index contributed by atoms with van der Waals surface area (Å²) in [5.74, 6) is -1.66. The van der Waals surface area contributed by atoms with E-state index in [0.29, 0.717) is 12.8 Å². The summed E-state index contributed by atoms with van der Waals surface area (Å²) in [7, 11) is 0. The Balaban J connectivity index is 1.83. The average Bonchev–Trinajstić information content (AvgIpc) is 2.94. The summed E-state index contributed by atoms with van der Waals surface area (Å²) in [5, 5.41) is 7.90. The van der Waals surface area contributed by atoms with Crippen LogP contribution in [0.4, 0.5) is 18.0 Å². The van der Waals surface area contributed by atoms with Gasteiger partial charge >= 0.3 is 12.2 Å². The zero-order valence-electron chi connectivity index (χ0n) is 10.6. The van der Waals surface area contributed by atoms with E-state index < -0.39 is 18.0 Å². The highest BCUT2D eigenvalue weighted by molar-refractivity contribution is 5.74. The quantitative estimate of drug-likeness (QED) is 0.834. The van der Waals surface area contributed by atoms with Crippen LogP contribution in [0, 0.1) is 0 Å². The molecule has 1 aromatic rings. The predicted octanol–water partition coefficient (Wildman–Crippen LogP) is 2.00. The second-order valence-electron chi connectivity index (χ2n) is 4.76. The van der Waals surface area contributed by atoms with Gasteiger partial charge in [-0.2, -0.15) is 18.2 Å². The number of carbonyl (C=O) groups excluding carboxylic acids is 1. The molecule has 1 aromatic heterocycles. The van der Waals surface area contributed by atoms with Gasteiger partial charge in [0.25, 0.3) is 5.82 Å². The van der Waals surface area contributed by atoms with Crippen LogP contribution in [0.5, 0.6) is 0 Å². The molecule has 1 aliphatic rings. The second kappa shape index (κ2) is 5.14. The smallest absolute Gasteiger partial charge is 0.337 e. The third-order valence-corrected chi connectivity index (χ3v) is 2.84. The van der Waals surface area contributed by atoms with Crippen LogP contribution in [0.1, 0.15) is 31.5 Å². The van der Waals surface area contributed by atoms with Crippen LogP contribution in [-0.2, 0) is 12.7 Å². The van der Waals surface area contributed by atoms with Crippen molar-refractivity contribution in [2.45, 2.75) is 38.0 Å². The molecule has 20 heavy (non-hydrogen) atoms. The molecule has 1 heterocycles. The Kier molecular flexibility index (Phi) is 3.69. The van der Waals surface area contributed by atoms with E-state index in [1.807, 2.05) is 19.1 Å². The fraction of sp³-hybridized carbons (Fsp3) is 0.545. The van der Waals surface area contributed by atoms with Crippen molar-refractivity contribution in [2.24, 2.45) is 0 Å². The minimum Gasteiger partial charge on any atom is -0.337 e. The minimum absolute atomic E-state index is 0.265. The first-order chi connectivity index (χ1) is 9.28. The van der Waals surface area contributed by atoms with Crippen LogP contribution in [0.25, 0.3) is 0 Å². The van der Waals surface area contributed by atoms with Crippen molar-refractivity contribution in [1.29, 1.82) is 0 Å². The summed E-state index contributed by atoms with van der Waals surface area (Å²) < 4.78 is 41.1. The summed E-state index contributed by atoms with van der Waals surface area (Å²) in [6.07, 6.45) is 0.660. The molecule has 2 N–H and O–H groups in total. The van der Waals surface area contributed by atoms with Crippen LogP contribution < -0.4 is 10.6 Å². The van der Waals surface area contributed by atoms with E-state index in [1.165, 1.54) is 0 Å². The highest BCUT2D eigenvalue weighted by atomic mass is 19.4. The van der Waals surface area contributed by atoms with E-state index in [0.717, 1.165) is 0 Å². The summed E-state index contributed by atoms with van der Waals surface area (Å²) >= 11 is 0. The number of amides is 2. The Labute approximate surface area is 112 Å². The molecule has 0 atom stereocenters. The lowest BCUT2D eigenvalue weighted by Crippen LogP contribution is -2.48. The zero-order chi connectivity index (χ0) is 14.8. The van der Waals surface area contributed by atoms with Crippen LogP contribution in [-0.4, -0.2) is 21.7 Å². The summed E-state index contributed by atoms with van der Waals surface area (Å²) in [6.45, 7) is 1.61. The van der Waals surface area contributed by atoms with Crippen molar-refractivity contribution in [2.75, 3.05) is 0 Å². The summed E-state index contributed by atoms with van der Waals surface area (Å²) in [5.41, 5.74) is -0.365. The van der Waals surface area contributed by atoms with Crippen molar-refractivity contribution in [3.05, 3.63) is 23.9 Å². The van der Waals surface area contributed by atoms with Crippen LogP contribution >= 0.6 is 0 Å². The molecule has 0 saturated heterocycles. The molecule has 0 bridgehead atoms. The van der Waals surface area contributed by atoms with Gasteiger partial charge in [-0.3, -0.25) is 0 Å². The molecule has 2 rings (SSSR count). The molecule has 6 nitrogen and oxygen atoms in total. The SMILES string of the molecule is CC1(NC(=O)NCc2nc(C(F)(F)F)no2)CC=CC1. The van der Waals surface area contributed by atoms with E-state index >= 15 is 0 Å². The summed E-state index contributed by atoms with van der Waals surface area (Å²) in [4.78, 5) is 14.8.